The number of rotatable bonds is 2. The van der Waals surface area contributed by atoms with Crippen molar-refractivity contribution >= 4 is 22.6 Å². The van der Waals surface area contributed by atoms with Crippen molar-refractivity contribution in [2.75, 3.05) is 5.75 Å². The quantitative estimate of drug-likeness (QED) is 0.760. The lowest BCUT2D eigenvalue weighted by Crippen LogP contribution is -2.43. The van der Waals surface area contributed by atoms with Gasteiger partial charge in [0.05, 0.1) is 11.6 Å². The lowest BCUT2D eigenvalue weighted by atomic mass is 9.77. The van der Waals surface area contributed by atoms with Crippen LogP contribution in [-0.2, 0) is 9.63 Å². The molecule has 17 heavy (non-hydrogen) atoms. The zero-order chi connectivity index (χ0) is 12.7. The van der Waals surface area contributed by atoms with Gasteiger partial charge in [-0.05, 0) is 25.0 Å². The van der Waals surface area contributed by atoms with Crippen LogP contribution in [0.5, 0.6) is 0 Å². The summed E-state index contributed by atoms with van der Waals surface area (Å²) in [5.41, 5.74) is 0.428. The van der Waals surface area contributed by atoms with Gasteiger partial charge in [0.2, 0.25) is 10.7 Å². The van der Waals surface area contributed by atoms with Crippen LogP contribution < -0.4 is 0 Å². The third-order valence-corrected chi connectivity index (χ3v) is 4.53. The molecule has 0 radical (unpaired) electrons. The van der Waals surface area contributed by atoms with E-state index in [0.29, 0.717) is 0 Å². The number of thioether (sulfide) groups is 1. The van der Waals surface area contributed by atoms with Crippen LogP contribution in [0.15, 0.2) is 5.16 Å². The van der Waals surface area contributed by atoms with Gasteiger partial charge in [-0.15, -0.1) is 0 Å². The number of nitrogens with zero attached hydrogens (tertiary/aromatic N) is 1. The number of hydrogen-bond acceptors (Lipinski definition) is 4. The number of carbonyl (C=O) groups is 1. The first-order valence-electron chi connectivity index (χ1n) is 6.35. The highest BCUT2D eigenvalue weighted by Gasteiger charge is 2.58. The molecule has 3 nitrogen and oxygen atoms in total. The van der Waals surface area contributed by atoms with E-state index in [9.17, 15) is 4.79 Å². The van der Waals surface area contributed by atoms with Crippen LogP contribution in [0, 0.1) is 11.3 Å². The van der Waals surface area contributed by atoms with E-state index < -0.39 is 5.60 Å². The average Bonchev–Trinajstić information content (AvgIpc) is 2.72. The first-order chi connectivity index (χ1) is 7.92. The molecule has 1 heterocycles. The monoisotopic (exact) mass is 255 g/mol. The van der Waals surface area contributed by atoms with Crippen LogP contribution in [0.3, 0.4) is 0 Å². The summed E-state index contributed by atoms with van der Waals surface area (Å²) in [7, 11) is 0. The van der Waals surface area contributed by atoms with Gasteiger partial charge in [-0.25, -0.2) is 0 Å². The van der Waals surface area contributed by atoms with E-state index in [0.717, 1.165) is 30.7 Å². The zero-order valence-electron chi connectivity index (χ0n) is 11.1. The second-order valence-electron chi connectivity index (χ2n) is 5.87. The maximum absolute atomic E-state index is 12.3. The van der Waals surface area contributed by atoms with E-state index >= 15 is 0 Å². The molecule has 0 aromatic heterocycles. The third-order valence-electron chi connectivity index (χ3n) is 3.63. The fourth-order valence-corrected chi connectivity index (χ4v) is 3.62. The maximum atomic E-state index is 12.3. The molecule has 0 saturated heterocycles. The first-order valence-corrected chi connectivity index (χ1v) is 7.34. The predicted octanol–water partition coefficient (Wildman–Crippen LogP) is 3.24. The Labute approximate surface area is 107 Å². The van der Waals surface area contributed by atoms with E-state index in [1.54, 1.807) is 0 Å². The van der Waals surface area contributed by atoms with E-state index in [4.69, 9.17) is 4.84 Å². The van der Waals surface area contributed by atoms with Crippen molar-refractivity contribution in [3.63, 3.8) is 0 Å². The highest BCUT2D eigenvalue weighted by atomic mass is 32.2. The van der Waals surface area contributed by atoms with Gasteiger partial charge in [0.15, 0.2) is 0 Å². The Hall–Kier alpha value is -0.510. The second kappa shape index (κ2) is 4.30. The molecule has 2 unspecified atom stereocenters. The molecule has 2 aliphatic rings. The van der Waals surface area contributed by atoms with Crippen LogP contribution in [0.2, 0.25) is 0 Å². The molecule has 1 aliphatic heterocycles. The normalized spacial score (nSPS) is 32.0. The Balaban J connectivity index is 2.25. The van der Waals surface area contributed by atoms with Crippen LogP contribution in [0.25, 0.3) is 0 Å². The minimum absolute atomic E-state index is 0.00603. The van der Waals surface area contributed by atoms with Crippen molar-refractivity contribution in [2.45, 2.75) is 52.6 Å². The number of carbonyl (C=O) groups excluding carboxylic acids is 1. The van der Waals surface area contributed by atoms with Gasteiger partial charge < -0.3 is 4.84 Å². The Bertz CT molecular complexity index is 359. The molecule has 2 rings (SSSR count). The molecule has 2 atom stereocenters. The van der Waals surface area contributed by atoms with E-state index in [1.807, 2.05) is 6.92 Å². The van der Waals surface area contributed by atoms with E-state index in [-0.39, 0.29) is 16.4 Å². The molecule has 96 valence electrons. The Morgan fingerprint density at radius 1 is 1.59 bits per heavy atom. The highest BCUT2D eigenvalue weighted by molar-refractivity contribution is 8.13. The summed E-state index contributed by atoms with van der Waals surface area (Å²) in [6.45, 7) is 8.42. The molecule has 0 spiro atoms. The van der Waals surface area contributed by atoms with Gasteiger partial charge in [0.25, 0.3) is 0 Å². The fraction of sp³-hybridized carbons (Fsp3) is 0.846. The summed E-state index contributed by atoms with van der Waals surface area (Å²) in [5, 5.41) is 4.42. The third kappa shape index (κ3) is 2.01. The molecule has 4 heteroatoms. The molecular weight excluding hydrogens is 234 g/mol. The van der Waals surface area contributed by atoms with Crippen molar-refractivity contribution in [2.24, 2.45) is 16.5 Å². The van der Waals surface area contributed by atoms with Gasteiger partial charge in [-0.2, -0.15) is 0 Å². The molecule has 0 amide bonds. The minimum atomic E-state index is -0.636. The Morgan fingerprint density at radius 3 is 2.88 bits per heavy atom. The van der Waals surface area contributed by atoms with Gasteiger partial charge in [-0.3, -0.25) is 4.79 Å². The molecular formula is C13H21NO2S. The summed E-state index contributed by atoms with van der Waals surface area (Å²) < 4.78 is 0. The van der Waals surface area contributed by atoms with Gasteiger partial charge in [-0.1, -0.05) is 44.6 Å². The van der Waals surface area contributed by atoms with Gasteiger partial charge in [0, 0.05) is 5.41 Å². The largest absolute Gasteiger partial charge is 0.380 e. The van der Waals surface area contributed by atoms with E-state index in [1.165, 1.54) is 11.8 Å². The molecule has 1 saturated carbocycles. The molecule has 0 aromatic rings. The average molecular weight is 255 g/mol. The van der Waals surface area contributed by atoms with Gasteiger partial charge >= 0.3 is 0 Å². The number of fused-ring (bicyclic) bond motifs is 1. The zero-order valence-corrected chi connectivity index (χ0v) is 11.9. The van der Waals surface area contributed by atoms with Gasteiger partial charge in [0.1, 0.15) is 0 Å². The highest BCUT2D eigenvalue weighted by Crippen LogP contribution is 2.49. The minimum Gasteiger partial charge on any atom is -0.380 e. The fourth-order valence-electron chi connectivity index (χ4n) is 2.83. The Morgan fingerprint density at radius 2 is 2.29 bits per heavy atom. The number of hydrogen-bond donors (Lipinski definition) is 0. The van der Waals surface area contributed by atoms with Crippen molar-refractivity contribution < 1.29 is 9.63 Å². The summed E-state index contributed by atoms with van der Waals surface area (Å²) in [5.74, 6) is 1.01. The topological polar surface area (TPSA) is 38.7 Å². The summed E-state index contributed by atoms with van der Waals surface area (Å²) in [6.07, 6.45) is 2.93. The number of oxime groups is 1. The van der Waals surface area contributed by atoms with Crippen molar-refractivity contribution in [1.29, 1.82) is 0 Å². The summed E-state index contributed by atoms with van der Waals surface area (Å²) >= 11 is 1.37. The van der Waals surface area contributed by atoms with Crippen molar-refractivity contribution in [1.82, 2.24) is 0 Å². The summed E-state index contributed by atoms with van der Waals surface area (Å²) in [6, 6.07) is 0. The van der Waals surface area contributed by atoms with Crippen LogP contribution >= 0.6 is 11.8 Å². The smallest absolute Gasteiger partial charge is 0.236 e. The second-order valence-corrected chi connectivity index (χ2v) is 7.11. The first kappa shape index (κ1) is 12.9. The predicted molar refractivity (Wildman–Crippen MR) is 71.2 cm³/mol. The SMILES string of the molecule is CCSC(=O)C12CCCC1C(C(C)(C)C)=NO2. The van der Waals surface area contributed by atoms with Crippen molar-refractivity contribution in [3.8, 4) is 0 Å². The molecule has 0 N–H and O–H groups in total. The van der Waals surface area contributed by atoms with Crippen LogP contribution in [-0.4, -0.2) is 22.2 Å². The van der Waals surface area contributed by atoms with Crippen molar-refractivity contribution in [3.05, 3.63) is 0 Å². The van der Waals surface area contributed by atoms with Crippen LogP contribution in [0.4, 0.5) is 0 Å². The molecule has 1 fully saturated rings. The van der Waals surface area contributed by atoms with E-state index in [2.05, 4.69) is 25.9 Å². The molecule has 1 aliphatic carbocycles. The standard InChI is InChI=1S/C13H21NO2S/c1-5-17-11(15)13-8-6-7-9(13)10(14-16-13)12(2,3)4/h9H,5-8H2,1-4H3. The Kier molecular flexibility index (Phi) is 3.27. The lowest BCUT2D eigenvalue weighted by molar-refractivity contribution is -0.133. The van der Waals surface area contributed by atoms with Crippen LogP contribution in [0.1, 0.15) is 47.0 Å². The molecule has 0 aromatic carbocycles. The summed E-state index contributed by atoms with van der Waals surface area (Å²) in [4.78, 5) is 17.9. The lowest BCUT2D eigenvalue weighted by Gasteiger charge is -2.27. The maximum Gasteiger partial charge on any atom is 0.236 e. The molecule has 0 bridgehead atoms.